The molecule has 0 fully saturated rings. The van der Waals surface area contributed by atoms with Gasteiger partial charge < -0.3 is 14.9 Å². The summed E-state index contributed by atoms with van der Waals surface area (Å²) < 4.78 is 11.1. The molecular weight excluding hydrogens is 216 g/mol. The lowest BCUT2D eigenvalue weighted by Gasteiger charge is -2.04. The smallest absolute Gasteiger partial charge is 0.138 e. The molecule has 0 radical (unpaired) electrons. The van der Waals surface area contributed by atoms with E-state index in [1.165, 1.54) is 0 Å². The summed E-state index contributed by atoms with van der Waals surface area (Å²) in [5.74, 6) is 2.39. The Morgan fingerprint density at radius 1 is 1.35 bits per heavy atom. The van der Waals surface area contributed by atoms with Crippen molar-refractivity contribution in [3.05, 3.63) is 47.2 Å². The van der Waals surface area contributed by atoms with Gasteiger partial charge in [0.15, 0.2) is 0 Å². The van der Waals surface area contributed by atoms with Crippen molar-refractivity contribution in [3.63, 3.8) is 0 Å². The molecule has 4 nitrogen and oxygen atoms in total. The highest BCUT2D eigenvalue weighted by molar-refractivity contribution is 5.23. The van der Waals surface area contributed by atoms with Gasteiger partial charge in [-0.2, -0.15) is 0 Å². The summed E-state index contributed by atoms with van der Waals surface area (Å²) in [5.41, 5.74) is 7.51. The molecule has 0 bridgehead atoms. The number of hydrogen-bond acceptors (Lipinski definition) is 4. The molecule has 0 saturated carbocycles. The maximum Gasteiger partial charge on any atom is 0.138 e. The number of nitrogens with two attached hydrogens (primary N) is 1. The van der Waals surface area contributed by atoms with Crippen molar-refractivity contribution in [2.75, 3.05) is 0 Å². The second-order valence-corrected chi connectivity index (χ2v) is 3.92. The van der Waals surface area contributed by atoms with Crippen molar-refractivity contribution in [2.45, 2.75) is 27.0 Å². The summed E-state index contributed by atoms with van der Waals surface area (Å²) >= 11 is 0. The van der Waals surface area contributed by atoms with Crippen molar-refractivity contribution >= 4 is 0 Å². The molecule has 90 valence electrons. The number of hydrogen-bond donors (Lipinski definition) is 1. The first kappa shape index (κ1) is 11.7. The topological polar surface area (TPSA) is 61.3 Å². The molecule has 0 aliphatic rings. The molecule has 17 heavy (non-hydrogen) atoms. The Bertz CT molecular complexity index is 489. The maximum atomic E-state index is 5.62. The molecule has 0 amide bonds. The van der Waals surface area contributed by atoms with Crippen LogP contribution in [0.5, 0.6) is 5.75 Å². The minimum atomic E-state index is 0.410. The van der Waals surface area contributed by atoms with E-state index in [0.717, 1.165) is 28.5 Å². The normalized spacial score (nSPS) is 10.5. The van der Waals surface area contributed by atoms with E-state index in [4.69, 9.17) is 14.9 Å². The van der Waals surface area contributed by atoms with Gasteiger partial charge in [-0.05, 0) is 32.0 Å². The summed E-state index contributed by atoms with van der Waals surface area (Å²) in [6.45, 7) is 4.73. The standard InChI is InChI=1S/C13H16N2O2/c1-9-3-4-12(7-15-9)16-8-11-5-13(6-14)17-10(11)2/h3-5,7H,6,8,14H2,1-2H3. The Kier molecular flexibility index (Phi) is 3.44. The molecule has 0 spiro atoms. The lowest BCUT2D eigenvalue weighted by atomic mass is 10.2. The first-order valence-electron chi connectivity index (χ1n) is 5.52. The number of nitrogens with zero attached hydrogens (tertiary/aromatic N) is 1. The molecular formula is C13H16N2O2. The Morgan fingerprint density at radius 3 is 2.76 bits per heavy atom. The average molecular weight is 232 g/mol. The molecule has 2 N–H and O–H groups in total. The predicted octanol–water partition coefficient (Wildman–Crippen LogP) is 2.33. The molecule has 0 aliphatic carbocycles. The van der Waals surface area contributed by atoms with Crippen molar-refractivity contribution in [1.82, 2.24) is 4.98 Å². The molecule has 0 aromatic carbocycles. The van der Waals surface area contributed by atoms with Gasteiger partial charge in [-0.25, -0.2) is 0 Å². The summed E-state index contributed by atoms with van der Waals surface area (Å²) in [5, 5.41) is 0. The van der Waals surface area contributed by atoms with Crippen molar-refractivity contribution < 1.29 is 9.15 Å². The zero-order chi connectivity index (χ0) is 12.3. The van der Waals surface area contributed by atoms with Gasteiger partial charge in [-0.3, -0.25) is 4.98 Å². The van der Waals surface area contributed by atoms with Crippen LogP contribution in [0, 0.1) is 13.8 Å². The quantitative estimate of drug-likeness (QED) is 0.878. The van der Waals surface area contributed by atoms with E-state index in [9.17, 15) is 0 Å². The van der Waals surface area contributed by atoms with Crippen LogP contribution in [0.4, 0.5) is 0 Å². The second kappa shape index (κ2) is 5.01. The van der Waals surface area contributed by atoms with E-state index in [1.54, 1.807) is 6.20 Å². The zero-order valence-electron chi connectivity index (χ0n) is 10.1. The van der Waals surface area contributed by atoms with Crippen LogP contribution < -0.4 is 10.5 Å². The van der Waals surface area contributed by atoms with E-state index >= 15 is 0 Å². The number of ether oxygens (including phenoxy) is 1. The second-order valence-electron chi connectivity index (χ2n) is 3.92. The fraction of sp³-hybridized carbons (Fsp3) is 0.308. The van der Waals surface area contributed by atoms with Crippen LogP contribution >= 0.6 is 0 Å². The van der Waals surface area contributed by atoms with Crippen LogP contribution in [0.15, 0.2) is 28.8 Å². The lowest BCUT2D eigenvalue weighted by Crippen LogP contribution is -1.96. The highest BCUT2D eigenvalue weighted by Crippen LogP contribution is 2.17. The fourth-order valence-electron chi connectivity index (χ4n) is 1.53. The number of pyridine rings is 1. The minimum Gasteiger partial charge on any atom is -0.487 e. The third-order valence-corrected chi connectivity index (χ3v) is 2.55. The van der Waals surface area contributed by atoms with Gasteiger partial charge in [-0.15, -0.1) is 0 Å². The van der Waals surface area contributed by atoms with Crippen LogP contribution in [-0.4, -0.2) is 4.98 Å². The third-order valence-electron chi connectivity index (χ3n) is 2.55. The maximum absolute atomic E-state index is 5.62. The average Bonchev–Trinajstić information content (AvgIpc) is 2.69. The predicted molar refractivity (Wildman–Crippen MR) is 64.6 cm³/mol. The number of aromatic nitrogens is 1. The molecule has 0 atom stereocenters. The third kappa shape index (κ3) is 2.85. The van der Waals surface area contributed by atoms with E-state index in [2.05, 4.69) is 4.98 Å². The SMILES string of the molecule is Cc1ccc(OCc2cc(CN)oc2C)cn1. The first-order valence-corrected chi connectivity index (χ1v) is 5.52. The van der Waals surface area contributed by atoms with E-state index in [0.29, 0.717) is 13.2 Å². The van der Waals surface area contributed by atoms with Gasteiger partial charge in [0, 0.05) is 11.3 Å². The van der Waals surface area contributed by atoms with Gasteiger partial charge in [0.2, 0.25) is 0 Å². The van der Waals surface area contributed by atoms with Gasteiger partial charge in [0.05, 0.1) is 12.7 Å². The molecule has 0 unspecified atom stereocenters. The molecule has 2 aromatic rings. The molecule has 4 heteroatoms. The van der Waals surface area contributed by atoms with Crippen LogP contribution in [-0.2, 0) is 13.2 Å². The van der Waals surface area contributed by atoms with Crippen molar-refractivity contribution in [3.8, 4) is 5.75 Å². The zero-order valence-corrected chi connectivity index (χ0v) is 10.1. The Hall–Kier alpha value is -1.81. The fourth-order valence-corrected chi connectivity index (χ4v) is 1.53. The number of furan rings is 1. The van der Waals surface area contributed by atoms with E-state index < -0.39 is 0 Å². The van der Waals surface area contributed by atoms with Crippen LogP contribution in [0.2, 0.25) is 0 Å². The van der Waals surface area contributed by atoms with Crippen molar-refractivity contribution in [2.24, 2.45) is 5.73 Å². The molecule has 2 rings (SSSR count). The van der Waals surface area contributed by atoms with Crippen LogP contribution in [0.3, 0.4) is 0 Å². The molecule has 0 saturated heterocycles. The largest absolute Gasteiger partial charge is 0.487 e. The Balaban J connectivity index is 2.01. The Labute approximate surface area is 100 Å². The van der Waals surface area contributed by atoms with E-state index in [1.807, 2.05) is 32.0 Å². The highest BCUT2D eigenvalue weighted by Gasteiger charge is 2.06. The number of aryl methyl sites for hydroxylation is 2. The van der Waals surface area contributed by atoms with E-state index in [-0.39, 0.29) is 0 Å². The molecule has 0 aliphatic heterocycles. The van der Waals surface area contributed by atoms with Crippen LogP contribution in [0.25, 0.3) is 0 Å². The molecule has 2 aromatic heterocycles. The van der Waals surface area contributed by atoms with Gasteiger partial charge >= 0.3 is 0 Å². The molecule has 2 heterocycles. The van der Waals surface area contributed by atoms with Crippen molar-refractivity contribution in [1.29, 1.82) is 0 Å². The lowest BCUT2D eigenvalue weighted by molar-refractivity contribution is 0.301. The van der Waals surface area contributed by atoms with Gasteiger partial charge in [-0.1, -0.05) is 0 Å². The highest BCUT2D eigenvalue weighted by atomic mass is 16.5. The van der Waals surface area contributed by atoms with Gasteiger partial charge in [0.25, 0.3) is 0 Å². The summed E-state index contributed by atoms with van der Waals surface area (Å²) in [4.78, 5) is 4.17. The van der Waals surface area contributed by atoms with Gasteiger partial charge in [0.1, 0.15) is 23.9 Å². The summed E-state index contributed by atoms with van der Waals surface area (Å²) in [7, 11) is 0. The summed E-state index contributed by atoms with van der Waals surface area (Å²) in [6.07, 6.45) is 1.72. The first-order chi connectivity index (χ1) is 8.19. The van der Waals surface area contributed by atoms with Crippen LogP contribution in [0.1, 0.15) is 22.8 Å². The number of rotatable bonds is 4. The Morgan fingerprint density at radius 2 is 2.18 bits per heavy atom. The summed E-state index contributed by atoms with van der Waals surface area (Å²) in [6, 6.07) is 5.75. The minimum absolute atomic E-state index is 0.410. The monoisotopic (exact) mass is 232 g/mol.